The van der Waals surface area contributed by atoms with E-state index in [2.05, 4.69) is 74.2 Å². The number of aromatic nitrogens is 2. The summed E-state index contributed by atoms with van der Waals surface area (Å²) in [4.78, 5) is 8.75. The van der Waals surface area contributed by atoms with Gasteiger partial charge in [-0.15, -0.1) is 0 Å². The first-order valence-corrected chi connectivity index (χ1v) is 15.3. The van der Waals surface area contributed by atoms with Gasteiger partial charge in [-0.2, -0.15) is 0 Å². The van der Waals surface area contributed by atoms with Gasteiger partial charge in [-0.1, -0.05) is 73.1 Å². The van der Waals surface area contributed by atoms with Gasteiger partial charge >= 0.3 is 0 Å². The number of hydrogen-bond donors (Lipinski definition) is 1. The van der Waals surface area contributed by atoms with Crippen molar-refractivity contribution in [3.05, 3.63) is 66.1 Å². The largest absolute Gasteiger partial charge is 0.474 e. The topological polar surface area (TPSA) is 47.0 Å². The van der Waals surface area contributed by atoms with E-state index in [4.69, 9.17) is 4.74 Å². The monoisotopic (exact) mass is 531 g/mol. The van der Waals surface area contributed by atoms with Crippen LogP contribution >= 0.6 is 0 Å². The molecule has 0 unspecified atom stereocenters. The number of benzene rings is 1. The number of hydrogen-bond acceptors (Lipinski definition) is 4. The van der Waals surface area contributed by atoms with E-state index >= 15 is 0 Å². The molecule has 2 fully saturated rings. The molecule has 1 saturated carbocycles. The van der Waals surface area contributed by atoms with Crippen molar-refractivity contribution in [2.24, 2.45) is 11.3 Å². The molecule has 5 rings (SSSR count). The second kappa shape index (κ2) is 16.4. The molecule has 3 aromatic rings. The summed E-state index contributed by atoms with van der Waals surface area (Å²) in [5, 5.41) is 3.35. The predicted molar refractivity (Wildman–Crippen MR) is 168 cm³/mol. The van der Waals surface area contributed by atoms with Crippen LogP contribution < -0.4 is 10.1 Å². The summed E-state index contributed by atoms with van der Waals surface area (Å²) in [6, 6.07) is 12.6. The molecule has 0 atom stereocenters. The van der Waals surface area contributed by atoms with Gasteiger partial charge in [0.1, 0.15) is 0 Å². The second-order valence-corrected chi connectivity index (χ2v) is 10.4. The lowest BCUT2D eigenvalue weighted by molar-refractivity contribution is -0.000973. The first-order chi connectivity index (χ1) is 19.0. The fraction of sp³-hybridized carbons (Fsp3) is 0.543. The first-order valence-electron chi connectivity index (χ1n) is 15.3. The van der Waals surface area contributed by atoms with Crippen molar-refractivity contribution in [2.75, 3.05) is 13.1 Å². The zero-order chi connectivity index (χ0) is 28.8. The quantitative estimate of drug-likeness (QED) is 0.330. The number of ether oxygens (including phenoxy) is 1. The van der Waals surface area contributed by atoms with E-state index in [0.717, 1.165) is 35.3 Å². The summed E-state index contributed by atoms with van der Waals surface area (Å²) in [7, 11) is 0. The van der Waals surface area contributed by atoms with Gasteiger partial charge in [0.15, 0.2) is 0 Å². The van der Waals surface area contributed by atoms with Crippen molar-refractivity contribution in [2.45, 2.75) is 101 Å². The molecule has 4 heteroatoms. The number of nitrogens with one attached hydrogen (secondary N) is 1. The van der Waals surface area contributed by atoms with Crippen LogP contribution in [0.4, 0.5) is 0 Å². The highest BCUT2D eigenvalue weighted by Gasteiger charge is 2.47. The van der Waals surface area contributed by atoms with Gasteiger partial charge in [0.25, 0.3) is 0 Å². The molecule has 2 aliphatic rings. The molecule has 1 N–H and O–H groups in total. The summed E-state index contributed by atoms with van der Waals surface area (Å²) in [5.41, 5.74) is 7.94. The Balaban J connectivity index is 0.000000339. The minimum Gasteiger partial charge on any atom is -0.474 e. The van der Waals surface area contributed by atoms with Crippen LogP contribution in [-0.4, -0.2) is 29.2 Å². The Bertz CT molecular complexity index is 1090. The van der Waals surface area contributed by atoms with Crippen LogP contribution in [0.5, 0.6) is 5.88 Å². The Morgan fingerprint density at radius 3 is 2.00 bits per heavy atom. The molecule has 0 amide bonds. The third-order valence-corrected chi connectivity index (χ3v) is 7.84. The summed E-state index contributed by atoms with van der Waals surface area (Å²) in [6.45, 7) is 21.5. The van der Waals surface area contributed by atoms with Crippen LogP contribution in [0.1, 0.15) is 91.7 Å². The molecule has 4 nitrogen and oxygen atoms in total. The van der Waals surface area contributed by atoms with Crippen molar-refractivity contribution in [3.8, 4) is 28.1 Å². The smallest absolute Gasteiger partial charge is 0.213 e. The third kappa shape index (κ3) is 8.63. The molecule has 39 heavy (non-hydrogen) atoms. The van der Waals surface area contributed by atoms with Crippen LogP contribution in [0.2, 0.25) is 0 Å². The van der Waals surface area contributed by atoms with Gasteiger partial charge < -0.3 is 10.1 Å². The Morgan fingerprint density at radius 2 is 1.51 bits per heavy atom. The maximum atomic E-state index is 5.90. The van der Waals surface area contributed by atoms with Crippen molar-refractivity contribution in [1.82, 2.24) is 15.3 Å². The second-order valence-electron chi connectivity index (χ2n) is 10.4. The predicted octanol–water partition coefficient (Wildman–Crippen LogP) is 9.44. The van der Waals surface area contributed by atoms with Gasteiger partial charge in [0, 0.05) is 48.9 Å². The molecule has 1 spiro atoms. The summed E-state index contributed by atoms with van der Waals surface area (Å²) in [5.74, 6) is 1.77. The molecule has 1 saturated heterocycles. The summed E-state index contributed by atoms with van der Waals surface area (Å²) >= 11 is 0. The minimum atomic E-state index is 0.234. The fourth-order valence-corrected chi connectivity index (χ4v) is 5.36. The molecular formula is C35H53N3O. The lowest BCUT2D eigenvalue weighted by Gasteiger charge is -2.54. The van der Waals surface area contributed by atoms with Gasteiger partial charge in [0.05, 0.1) is 6.10 Å². The van der Waals surface area contributed by atoms with E-state index in [0.29, 0.717) is 5.88 Å². The zero-order valence-corrected chi connectivity index (χ0v) is 26.1. The van der Waals surface area contributed by atoms with Crippen LogP contribution in [0.3, 0.4) is 0 Å². The minimum absolute atomic E-state index is 0.234. The van der Waals surface area contributed by atoms with Crippen molar-refractivity contribution in [3.63, 3.8) is 0 Å². The fourth-order valence-electron chi connectivity index (χ4n) is 5.36. The van der Waals surface area contributed by atoms with Crippen molar-refractivity contribution < 1.29 is 4.74 Å². The van der Waals surface area contributed by atoms with E-state index in [-0.39, 0.29) is 6.10 Å². The normalized spacial score (nSPS) is 14.9. The molecule has 0 bridgehead atoms. The molecule has 214 valence electrons. The molecule has 0 radical (unpaired) electrons. The molecular weight excluding hydrogens is 478 g/mol. The van der Waals surface area contributed by atoms with Crippen LogP contribution in [0.15, 0.2) is 55.0 Å². The van der Waals surface area contributed by atoms with Crippen LogP contribution in [-0.2, 0) is 0 Å². The van der Waals surface area contributed by atoms with Gasteiger partial charge in [-0.05, 0) is 85.3 Å². The highest BCUT2D eigenvalue weighted by molar-refractivity contribution is 5.74. The average Bonchev–Trinajstić information content (AvgIpc) is 2.94. The maximum Gasteiger partial charge on any atom is 0.213 e. The Hall–Kier alpha value is -2.72. The van der Waals surface area contributed by atoms with Gasteiger partial charge in [-0.3, -0.25) is 4.98 Å². The van der Waals surface area contributed by atoms with Crippen LogP contribution in [0.25, 0.3) is 22.3 Å². The highest BCUT2D eigenvalue weighted by Crippen LogP contribution is 2.49. The van der Waals surface area contributed by atoms with E-state index in [1.165, 1.54) is 54.6 Å². The third-order valence-electron chi connectivity index (χ3n) is 7.84. The first kappa shape index (κ1) is 32.5. The molecule has 3 heterocycles. The molecule has 2 aromatic heterocycles. The molecule has 1 aliphatic heterocycles. The summed E-state index contributed by atoms with van der Waals surface area (Å²) < 4.78 is 5.90. The standard InChI is InChI=1S/C23H26N2O.C8H15N.2C2H6/c1-5-20(6-2)26-23-10-8-19(14-25-23)18-7-9-21(17(4)13-18)22-15-24-12-11-16(22)3;1-2-7-3-8(4-7)5-9-6-8;2*1-2/h7-15,20H,5-6H2,1-4H3;7,9H,2-6H2,1H3;2*1-2H3. The number of aryl methyl sites for hydroxylation is 2. The van der Waals surface area contributed by atoms with E-state index in [1.54, 1.807) is 0 Å². The lowest BCUT2D eigenvalue weighted by atomic mass is 9.58. The van der Waals surface area contributed by atoms with E-state index in [1.807, 2.05) is 58.4 Å². The molecule has 1 aromatic carbocycles. The van der Waals surface area contributed by atoms with Crippen molar-refractivity contribution >= 4 is 0 Å². The maximum absolute atomic E-state index is 5.90. The Morgan fingerprint density at radius 1 is 0.846 bits per heavy atom. The zero-order valence-electron chi connectivity index (χ0n) is 26.1. The number of nitrogens with zero attached hydrogens (tertiary/aromatic N) is 2. The highest BCUT2D eigenvalue weighted by atomic mass is 16.5. The Labute approximate surface area is 239 Å². The SMILES string of the molecule is CC.CC.CCC(CC)Oc1ccc(-c2ccc(-c3cnccc3C)c(C)c2)cn1.CCC1CC2(CNC2)C1. The lowest BCUT2D eigenvalue weighted by Crippen LogP contribution is -2.60. The van der Waals surface area contributed by atoms with Gasteiger partial charge in [-0.25, -0.2) is 4.98 Å². The molecule has 1 aliphatic carbocycles. The average molecular weight is 532 g/mol. The summed E-state index contributed by atoms with van der Waals surface area (Å²) in [6.07, 6.45) is 12.3. The number of pyridine rings is 2. The Kier molecular flexibility index (Phi) is 13.7. The number of rotatable bonds is 7. The van der Waals surface area contributed by atoms with Crippen LogP contribution in [0, 0.1) is 25.2 Å². The van der Waals surface area contributed by atoms with E-state index in [9.17, 15) is 0 Å². The van der Waals surface area contributed by atoms with E-state index < -0.39 is 0 Å². The van der Waals surface area contributed by atoms with Crippen molar-refractivity contribution in [1.29, 1.82) is 0 Å². The van der Waals surface area contributed by atoms with Gasteiger partial charge in [0.2, 0.25) is 5.88 Å².